The van der Waals surface area contributed by atoms with Crippen molar-refractivity contribution in [2.75, 3.05) is 14.2 Å². The molecule has 0 atom stereocenters. The van der Waals surface area contributed by atoms with Gasteiger partial charge in [-0.1, -0.05) is 56.7 Å². The molecule has 0 unspecified atom stereocenters. The smallest absolute Gasteiger partial charge is 0.130 e. The maximum absolute atomic E-state index is 5.61. The van der Waals surface area contributed by atoms with Crippen LogP contribution in [0.25, 0.3) is 5.57 Å². The van der Waals surface area contributed by atoms with E-state index in [1.807, 2.05) is 12.1 Å². The van der Waals surface area contributed by atoms with E-state index in [2.05, 4.69) is 64.1 Å². The maximum atomic E-state index is 5.61. The van der Waals surface area contributed by atoms with Crippen molar-refractivity contribution >= 4 is 5.57 Å². The van der Waals surface area contributed by atoms with E-state index in [1.54, 1.807) is 14.2 Å². The molecule has 0 aliphatic heterocycles. The SMILES string of the molecule is COc1ccc(/C(=C\C(C)(C)C)c2ccc(C)cc2)c(OC)c1. The highest BCUT2D eigenvalue weighted by atomic mass is 16.5. The molecule has 0 bridgehead atoms. The molecule has 2 aromatic rings. The third-order valence-corrected chi connectivity index (χ3v) is 3.64. The maximum Gasteiger partial charge on any atom is 0.130 e. The largest absolute Gasteiger partial charge is 0.497 e. The number of hydrogen-bond acceptors (Lipinski definition) is 2. The predicted molar refractivity (Wildman–Crippen MR) is 97.3 cm³/mol. The highest BCUT2D eigenvalue weighted by Gasteiger charge is 2.16. The summed E-state index contributed by atoms with van der Waals surface area (Å²) >= 11 is 0. The second-order valence-electron chi connectivity index (χ2n) is 6.86. The minimum absolute atomic E-state index is 0.0607. The van der Waals surface area contributed by atoms with Crippen molar-refractivity contribution in [2.45, 2.75) is 27.7 Å². The van der Waals surface area contributed by atoms with Gasteiger partial charge in [0.15, 0.2) is 0 Å². The highest BCUT2D eigenvalue weighted by Crippen LogP contribution is 2.36. The Morgan fingerprint density at radius 3 is 2.09 bits per heavy atom. The number of methoxy groups -OCH3 is 2. The summed E-state index contributed by atoms with van der Waals surface area (Å²) in [5.41, 5.74) is 4.76. The van der Waals surface area contributed by atoms with E-state index in [-0.39, 0.29) is 5.41 Å². The molecule has 23 heavy (non-hydrogen) atoms. The summed E-state index contributed by atoms with van der Waals surface area (Å²) in [6.45, 7) is 8.72. The van der Waals surface area contributed by atoms with Crippen molar-refractivity contribution in [3.05, 3.63) is 65.2 Å². The van der Waals surface area contributed by atoms with Crippen LogP contribution in [0.2, 0.25) is 0 Å². The van der Waals surface area contributed by atoms with Gasteiger partial charge in [-0.3, -0.25) is 0 Å². The molecule has 0 heterocycles. The Morgan fingerprint density at radius 2 is 1.57 bits per heavy atom. The fraction of sp³-hybridized carbons (Fsp3) is 0.333. The zero-order chi connectivity index (χ0) is 17.0. The number of benzene rings is 2. The van der Waals surface area contributed by atoms with Gasteiger partial charge >= 0.3 is 0 Å². The molecule has 0 N–H and O–H groups in total. The molecule has 0 spiro atoms. The first-order valence-electron chi connectivity index (χ1n) is 7.86. The second kappa shape index (κ2) is 6.91. The fourth-order valence-corrected chi connectivity index (χ4v) is 2.50. The molecular weight excluding hydrogens is 284 g/mol. The van der Waals surface area contributed by atoms with Gasteiger partial charge in [0.05, 0.1) is 14.2 Å². The van der Waals surface area contributed by atoms with Crippen LogP contribution in [0.3, 0.4) is 0 Å². The van der Waals surface area contributed by atoms with E-state index in [0.29, 0.717) is 0 Å². The van der Waals surface area contributed by atoms with Gasteiger partial charge < -0.3 is 9.47 Å². The van der Waals surface area contributed by atoms with E-state index in [9.17, 15) is 0 Å². The van der Waals surface area contributed by atoms with Crippen LogP contribution in [0.1, 0.15) is 37.5 Å². The van der Waals surface area contributed by atoms with Gasteiger partial charge in [0.1, 0.15) is 11.5 Å². The summed E-state index contributed by atoms with van der Waals surface area (Å²) in [5.74, 6) is 1.62. The molecule has 2 heteroatoms. The van der Waals surface area contributed by atoms with Crippen LogP contribution in [0, 0.1) is 12.3 Å². The Kier molecular flexibility index (Phi) is 5.15. The Hall–Kier alpha value is -2.22. The van der Waals surface area contributed by atoms with E-state index >= 15 is 0 Å². The van der Waals surface area contributed by atoms with E-state index in [1.165, 1.54) is 16.7 Å². The predicted octanol–water partition coefficient (Wildman–Crippen LogP) is 5.49. The Labute approximate surface area is 139 Å². The van der Waals surface area contributed by atoms with Crippen LogP contribution in [-0.2, 0) is 0 Å². The van der Waals surface area contributed by atoms with Crippen molar-refractivity contribution < 1.29 is 9.47 Å². The topological polar surface area (TPSA) is 18.5 Å². The minimum Gasteiger partial charge on any atom is -0.497 e. The van der Waals surface area contributed by atoms with Gasteiger partial charge in [0.25, 0.3) is 0 Å². The van der Waals surface area contributed by atoms with Gasteiger partial charge in [0.2, 0.25) is 0 Å². The average molecular weight is 310 g/mol. The Bertz CT molecular complexity index is 689. The lowest BCUT2D eigenvalue weighted by Crippen LogP contribution is -2.03. The molecule has 2 aromatic carbocycles. The summed E-state index contributed by atoms with van der Waals surface area (Å²) in [7, 11) is 3.36. The number of aryl methyl sites for hydroxylation is 1. The number of hydrogen-bond donors (Lipinski definition) is 0. The van der Waals surface area contributed by atoms with Crippen LogP contribution in [0.4, 0.5) is 0 Å². The summed E-state index contributed by atoms with van der Waals surface area (Å²) in [5, 5.41) is 0. The Morgan fingerprint density at radius 1 is 0.913 bits per heavy atom. The molecule has 2 nitrogen and oxygen atoms in total. The van der Waals surface area contributed by atoms with E-state index < -0.39 is 0 Å². The van der Waals surface area contributed by atoms with Crippen molar-refractivity contribution in [3.63, 3.8) is 0 Å². The van der Waals surface area contributed by atoms with Crippen LogP contribution in [-0.4, -0.2) is 14.2 Å². The van der Waals surface area contributed by atoms with E-state index in [4.69, 9.17) is 9.47 Å². The first kappa shape index (κ1) is 17.1. The van der Waals surface area contributed by atoms with Gasteiger partial charge in [-0.25, -0.2) is 0 Å². The normalized spacial score (nSPS) is 12.2. The summed E-state index contributed by atoms with van der Waals surface area (Å²) < 4.78 is 10.9. The number of allylic oxidation sites excluding steroid dienone is 1. The number of rotatable bonds is 4. The molecule has 2 rings (SSSR count). The van der Waals surface area contributed by atoms with Crippen LogP contribution in [0.5, 0.6) is 11.5 Å². The quantitative estimate of drug-likeness (QED) is 0.743. The van der Waals surface area contributed by atoms with Gasteiger partial charge in [-0.05, 0) is 35.6 Å². The third kappa shape index (κ3) is 4.38. The van der Waals surface area contributed by atoms with Gasteiger partial charge in [-0.15, -0.1) is 0 Å². The van der Waals surface area contributed by atoms with Crippen molar-refractivity contribution in [2.24, 2.45) is 5.41 Å². The first-order chi connectivity index (χ1) is 10.8. The van der Waals surface area contributed by atoms with Crippen LogP contribution >= 0.6 is 0 Å². The average Bonchev–Trinajstić information content (AvgIpc) is 2.52. The molecule has 0 fully saturated rings. The molecule has 122 valence electrons. The van der Waals surface area contributed by atoms with E-state index in [0.717, 1.165) is 17.1 Å². The second-order valence-corrected chi connectivity index (χ2v) is 6.86. The minimum atomic E-state index is 0.0607. The molecular formula is C21H26O2. The van der Waals surface area contributed by atoms with Crippen molar-refractivity contribution in [3.8, 4) is 11.5 Å². The van der Waals surface area contributed by atoms with Gasteiger partial charge in [-0.2, -0.15) is 0 Å². The lowest BCUT2D eigenvalue weighted by Gasteiger charge is -2.19. The summed E-state index contributed by atoms with van der Waals surface area (Å²) in [6.07, 6.45) is 2.29. The molecule has 0 aliphatic rings. The number of ether oxygens (including phenoxy) is 2. The molecule has 0 saturated heterocycles. The fourth-order valence-electron chi connectivity index (χ4n) is 2.50. The molecule has 0 aliphatic carbocycles. The monoisotopic (exact) mass is 310 g/mol. The first-order valence-corrected chi connectivity index (χ1v) is 7.86. The zero-order valence-electron chi connectivity index (χ0n) is 14.9. The van der Waals surface area contributed by atoms with Crippen LogP contribution in [0.15, 0.2) is 48.5 Å². The summed E-state index contributed by atoms with van der Waals surface area (Å²) in [4.78, 5) is 0. The lowest BCUT2D eigenvalue weighted by atomic mass is 9.87. The molecule has 0 amide bonds. The lowest BCUT2D eigenvalue weighted by molar-refractivity contribution is 0.393. The zero-order valence-corrected chi connectivity index (χ0v) is 14.9. The van der Waals surface area contributed by atoms with Crippen molar-refractivity contribution in [1.82, 2.24) is 0 Å². The van der Waals surface area contributed by atoms with Crippen LogP contribution < -0.4 is 9.47 Å². The standard InChI is InChI=1S/C21H26O2/c1-15-7-9-16(10-8-15)19(14-21(2,3)4)18-12-11-17(22-5)13-20(18)23-6/h7-14H,1-6H3/b19-14-. The third-order valence-electron chi connectivity index (χ3n) is 3.64. The highest BCUT2D eigenvalue weighted by molar-refractivity contribution is 5.83. The molecule has 0 radical (unpaired) electrons. The van der Waals surface area contributed by atoms with Crippen molar-refractivity contribution in [1.29, 1.82) is 0 Å². The molecule has 0 saturated carbocycles. The Balaban J connectivity index is 2.63. The summed E-state index contributed by atoms with van der Waals surface area (Å²) in [6, 6.07) is 14.6. The molecule has 0 aromatic heterocycles. The van der Waals surface area contributed by atoms with Gasteiger partial charge in [0, 0.05) is 11.6 Å².